The van der Waals surface area contributed by atoms with E-state index in [0.29, 0.717) is 6.04 Å². The fourth-order valence-electron chi connectivity index (χ4n) is 2.65. The lowest BCUT2D eigenvalue weighted by molar-refractivity contribution is 0.0696. The highest BCUT2D eigenvalue weighted by Gasteiger charge is 2.15. The zero-order chi connectivity index (χ0) is 18.9. The molecule has 0 saturated carbocycles. The molecular formula is C19H23N3O4. The van der Waals surface area contributed by atoms with Gasteiger partial charge < -0.3 is 15.9 Å². The fourth-order valence-corrected chi connectivity index (χ4v) is 2.65. The lowest BCUT2D eigenvalue weighted by Crippen LogP contribution is -2.39. The molecule has 0 aliphatic carbocycles. The summed E-state index contributed by atoms with van der Waals surface area (Å²) in [5.74, 6) is -2.25. The standard InChI is InChI=1S/C11H17N3.C8H6O4/c12-11-3-6-14(7-4-11)9-10-2-1-5-13-8-10;9-7(10)5-2-1-3-6(4-5)8(11)12/h1-2,5,8,11H,3-4,6-7,9,12H2;1-4H,(H,9,10)(H,11,12). The summed E-state index contributed by atoms with van der Waals surface area (Å²) in [5.41, 5.74) is 7.11. The highest BCUT2D eigenvalue weighted by Crippen LogP contribution is 2.11. The zero-order valence-corrected chi connectivity index (χ0v) is 14.4. The number of aromatic carboxylic acids is 2. The minimum Gasteiger partial charge on any atom is -0.478 e. The van der Waals surface area contributed by atoms with Crippen molar-refractivity contribution in [2.24, 2.45) is 5.73 Å². The van der Waals surface area contributed by atoms with Gasteiger partial charge in [-0.2, -0.15) is 0 Å². The molecule has 1 aromatic carbocycles. The van der Waals surface area contributed by atoms with Crippen LogP contribution in [-0.2, 0) is 6.54 Å². The Morgan fingerprint density at radius 2 is 1.69 bits per heavy atom. The van der Waals surface area contributed by atoms with Crippen molar-refractivity contribution < 1.29 is 19.8 Å². The SMILES string of the molecule is NC1CCN(Cc2cccnc2)CC1.O=C(O)c1cccc(C(=O)O)c1. The van der Waals surface area contributed by atoms with Gasteiger partial charge in [-0.25, -0.2) is 9.59 Å². The molecule has 1 aliphatic rings. The molecule has 0 unspecified atom stereocenters. The van der Waals surface area contributed by atoms with Gasteiger partial charge in [0.15, 0.2) is 0 Å². The van der Waals surface area contributed by atoms with Crippen LogP contribution in [0.5, 0.6) is 0 Å². The molecule has 1 fully saturated rings. The second kappa shape index (κ2) is 9.65. The average Bonchev–Trinajstić information content (AvgIpc) is 2.65. The Morgan fingerprint density at radius 1 is 1.08 bits per heavy atom. The molecule has 7 nitrogen and oxygen atoms in total. The van der Waals surface area contributed by atoms with Gasteiger partial charge in [0.2, 0.25) is 0 Å². The van der Waals surface area contributed by atoms with E-state index >= 15 is 0 Å². The van der Waals surface area contributed by atoms with E-state index in [4.69, 9.17) is 15.9 Å². The number of carboxylic acids is 2. The molecule has 0 atom stereocenters. The molecule has 26 heavy (non-hydrogen) atoms. The number of carbonyl (C=O) groups is 2. The Balaban J connectivity index is 0.000000190. The maximum Gasteiger partial charge on any atom is 0.335 e. The van der Waals surface area contributed by atoms with Crippen molar-refractivity contribution in [3.05, 3.63) is 65.5 Å². The van der Waals surface area contributed by atoms with Gasteiger partial charge in [0.25, 0.3) is 0 Å². The maximum atomic E-state index is 10.4. The highest BCUT2D eigenvalue weighted by atomic mass is 16.4. The number of hydrogen-bond acceptors (Lipinski definition) is 5. The van der Waals surface area contributed by atoms with E-state index in [0.717, 1.165) is 38.5 Å². The monoisotopic (exact) mass is 357 g/mol. The molecule has 0 bridgehead atoms. The number of likely N-dealkylation sites (tertiary alicyclic amines) is 1. The molecule has 1 saturated heterocycles. The van der Waals surface area contributed by atoms with Crippen LogP contribution in [-0.4, -0.2) is 51.2 Å². The van der Waals surface area contributed by atoms with E-state index in [1.165, 1.54) is 23.8 Å². The van der Waals surface area contributed by atoms with Crippen LogP contribution in [0, 0.1) is 0 Å². The Kier molecular flexibility index (Phi) is 7.25. The van der Waals surface area contributed by atoms with E-state index in [1.54, 1.807) is 0 Å². The summed E-state index contributed by atoms with van der Waals surface area (Å²) in [6.07, 6.45) is 6.00. The van der Waals surface area contributed by atoms with Crippen molar-refractivity contribution in [2.75, 3.05) is 13.1 Å². The topological polar surface area (TPSA) is 117 Å². The van der Waals surface area contributed by atoms with Crippen LogP contribution in [0.15, 0.2) is 48.8 Å². The first-order chi connectivity index (χ1) is 12.5. The van der Waals surface area contributed by atoms with Gasteiger partial charge in [-0.1, -0.05) is 12.1 Å². The summed E-state index contributed by atoms with van der Waals surface area (Å²) in [6.45, 7) is 3.26. The Bertz CT molecular complexity index is 699. The number of carboxylic acid groups (broad SMARTS) is 2. The summed E-state index contributed by atoms with van der Waals surface area (Å²) in [4.78, 5) is 27.3. The van der Waals surface area contributed by atoms with E-state index in [-0.39, 0.29) is 11.1 Å². The Morgan fingerprint density at radius 3 is 2.19 bits per heavy atom. The summed E-state index contributed by atoms with van der Waals surface area (Å²) in [5, 5.41) is 17.0. The van der Waals surface area contributed by atoms with Crippen LogP contribution in [0.25, 0.3) is 0 Å². The van der Waals surface area contributed by atoms with Crippen molar-refractivity contribution in [2.45, 2.75) is 25.4 Å². The van der Waals surface area contributed by atoms with Crippen molar-refractivity contribution in [3.8, 4) is 0 Å². The fraction of sp³-hybridized carbons (Fsp3) is 0.316. The Hall–Kier alpha value is -2.77. The molecule has 2 heterocycles. The summed E-state index contributed by atoms with van der Waals surface area (Å²) < 4.78 is 0. The van der Waals surface area contributed by atoms with E-state index in [1.807, 2.05) is 18.5 Å². The lowest BCUT2D eigenvalue weighted by Gasteiger charge is -2.29. The molecule has 0 radical (unpaired) electrons. The maximum absolute atomic E-state index is 10.4. The normalized spacial score (nSPS) is 15.0. The number of nitrogens with zero attached hydrogens (tertiary/aromatic N) is 2. The first kappa shape index (κ1) is 19.6. The molecule has 1 aliphatic heterocycles. The number of rotatable bonds is 4. The molecule has 0 amide bonds. The van der Waals surface area contributed by atoms with Crippen molar-refractivity contribution in [1.29, 1.82) is 0 Å². The van der Waals surface area contributed by atoms with Gasteiger partial charge in [-0.15, -0.1) is 0 Å². The number of piperidine rings is 1. The van der Waals surface area contributed by atoms with Crippen LogP contribution in [0.2, 0.25) is 0 Å². The average molecular weight is 357 g/mol. The molecule has 0 spiro atoms. The van der Waals surface area contributed by atoms with Gasteiger partial charge in [-0.05, 0) is 55.8 Å². The summed E-state index contributed by atoms with van der Waals surface area (Å²) >= 11 is 0. The van der Waals surface area contributed by atoms with Crippen molar-refractivity contribution in [3.63, 3.8) is 0 Å². The number of nitrogens with two attached hydrogens (primary N) is 1. The molecule has 1 aromatic heterocycles. The molecule has 3 rings (SSSR count). The number of pyridine rings is 1. The third kappa shape index (κ3) is 6.27. The molecule has 2 aromatic rings. The highest BCUT2D eigenvalue weighted by molar-refractivity contribution is 5.93. The van der Waals surface area contributed by atoms with Crippen LogP contribution < -0.4 is 5.73 Å². The van der Waals surface area contributed by atoms with Gasteiger partial charge in [-0.3, -0.25) is 9.88 Å². The van der Waals surface area contributed by atoms with Crippen LogP contribution in [0.4, 0.5) is 0 Å². The van der Waals surface area contributed by atoms with E-state index in [2.05, 4.69) is 16.0 Å². The zero-order valence-electron chi connectivity index (χ0n) is 14.4. The van der Waals surface area contributed by atoms with Gasteiger partial charge in [0.1, 0.15) is 0 Å². The van der Waals surface area contributed by atoms with E-state index < -0.39 is 11.9 Å². The molecule has 138 valence electrons. The van der Waals surface area contributed by atoms with Gasteiger partial charge in [0.05, 0.1) is 11.1 Å². The summed E-state index contributed by atoms with van der Waals surface area (Å²) in [7, 11) is 0. The quantitative estimate of drug-likeness (QED) is 0.767. The first-order valence-electron chi connectivity index (χ1n) is 8.39. The minimum atomic E-state index is -1.13. The molecular weight excluding hydrogens is 334 g/mol. The summed E-state index contributed by atoms with van der Waals surface area (Å²) in [6, 6.07) is 9.73. The predicted octanol–water partition coefficient (Wildman–Crippen LogP) is 2.09. The van der Waals surface area contributed by atoms with Crippen LogP contribution in [0.3, 0.4) is 0 Å². The lowest BCUT2D eigenvalue weighted by atomic mass is 10.1. The number of aromatic nitrogens is 1. The second-order valence-electron chi connectivity index (χ2n) is 6.17. The largest absolute Gasteiger partial charge is 0.478 e. The van der Waals surface area contributed by atoms with Gasteiger partial charge in [0, 0.05) is 25.0 Å². The van der Waals surface area contributed by atoms with Crippen molar-refractivity contribution in [1.82, 2.24) is 9.88 Å². The first-order valence-corrected chi connectivity index (χ1v) is 8.39. The van der Waals surface area contributed by atoms with Crippen LogP contribution >= 0.6 is 0 Å². The number of hydrogen-bond donors (Lipinski definition) is 3. The van der Waals surface area contributed by atoms with Crippen molar-refractivity contribution >= 4 is 11.9 Å². The Labute approximate surface area is 152 Å². The predicted molar refractivity (Wildman–Crippen MR) is 97.1 cm³/mol. The minimum absolute atomic E-state index is 0.0186. The smallest absolute Gasteiger partial charge is 0.335 e. The van der Waals surface area contributed by atoms with Gasteiger partial charge >= 0.3 is 11.9 Å². The molecule has 7 heteroatoms. The third-order valence-corrected chi connectivity index (χ3v) is 4.12. The number of benzene rings is 1. The van der Waals surface area contributed by atoms with Crippen LogP contribution in [0.1, 0.15) is 39.1 Å². The molecule has 4 N–H and O–H groups in total. The van der Waals surface area contributed by atoms with E-state index in [9.17, 15) is 9.59 Å². The third-order valence-electron chi connectivity index (χ3n) is 4.12. The second-order valence-corrected chi connectivity index (χ2v) is 6.17.